The van der Waals surface area contributed by atoms with Crippen molar-refractivity contribution >= 4 is 17.1 Å². The summed E-state index contributed by atoms with van der Waals surface area (Å²) in [4.78, 5) is 15.9. The van der Waals surface area contributed by atoms with Crippen molar-refractivity contribution in [1.82, 2.24) is 14.8 Å². The lowest BCUT2D eigenvalue weighted by molar-refractivity contribution is 0.0895. The lowest BCUT2D eigenvalue weighted by Gasteiger charge is -2.00. The summed E-state index contributed by atoms with van der Waals surface area (Å²) in [5.41, 5.74) is 1.99. The van der Waals surface area contributed by atoms with Gasteiger partial charge in [-0.15, -0.1) is 11.3 Å². The number of rotatable bonds is 3. The van der Waals surface area contributed by atoms with Crippen molar-refractivity contribution in [1.29, 1.82) is 0 Å². The van der Waals surface area contributed by atoms with Gasteiger partial charge in [0.1, 0.15) is 17.3 Å². The van der Waals surface area contributed by atoms with E-state index < -0.39 is 6.61 Å². The molecule has 0 atom stereocenters. The van der Waals surface area contributed by atoms with Crippen molar-refractivity contribution in [2.45, 2.75) is 6.92 Å². The minimum Gasteiger partial charge on any atom is -0.388 e. The van der Waals surface area contributed by atoms with E-state index in [0.717, 1.165) is 10.7 Å². The molecule has 0 aliphatic heterocycles. The molecule has 1 N–H and O–H groups in total. The van der Waals surface area contributed by atoms with Crippen molar-refractivity contribution < 1.29 is 9.90 Å². The molecule has 0 amide bonds. The lowest BCUT2D eigenvalue weighted by atomic mass is 10.2. The van der Waals surface area contributed by atoms with E-state index in [4.69, 9.17) is 5.11 Å². The molecule has 0 aromatic carbocycles. The van der Waals surface area contributed by atoms with E-state index in [9.17, 15) is 4.79 Å². The molecule has 5 nitrogen and oxygen atoms in total. The van der Waals surface area contributed by atoms with Crippen molar-refractivity contribution in [2.75, 3.05) is 6.61 Å². The fraction of sp³-hybridized carbons (Fsp3) is 0.300. The molecule has 2 heterocycles. The normalized spacial score (nSPS) is 10.7. The van der Waals surface area contributed by atoms with Gasteiger partial charge in [0.2, 0.25) is 5.78 Å². The van der Waals surface area contributed by atoms with Crippen LogP contribution in [0.4, 0.5) is 0 Å². The zero-order valence-corrected chi connectivity index (χ0v) is 9.78. The van der Waals surface area contributed by atoms with Gasteiger partial charge in [0.15, 0.2) is 0 Å². The van der Waals surface area contributed by atoms with Crippen LogP contribution in [0.15, 0.2) is 11.6 Å². The Morgan fingerprint density at radius 2 is 2.38 bits per heavy atom. The molecule has 6 heteroatoms. The first kappa shape index (κ1) is 11.0. The van der Waals surface area contributed by atoms with Crippen LogP contribution in [0.3, 0.4) is 0 Å². The van der Waals surface area contributed by atoms with Gasteiger partial charge in [-0.25, -0.2) is 4.98 Å². The van der Waals surface area contributed by atoms with Crippen molar-refractivity contribution in [3.63, 3.8) is 0 Å². The second-order valence-corrected chi connectivity index (χ2v) is 4.26. The third kappa shape index (κ3) is 1.77. The predicted octanol–water partition coefficient (Wildman–Crippen LogP) is 1.03. The van der Waals surface area contributed by atoms with E-state index in [-0.39, 0.29) is 5.78 Å². The van der Waals surface area contributed by atoms with Crippen LogP contribution in [0, 0.1) is 6.92 Å². The maximum atomic E-state index is 11.6. The summed E-state index contributed by atoms with van der Waals surface area (Å²) in [6, 6.07) is 0. The molecule has 0 aliphatic rings. The number of hydrogen-bond acceptors (Lipinski definition) is 5. The molecule has 0 saturated heterocycles. The Labute approximate surface area is 96.4 Å². The standard InChI is InChI=1S/C10H11N3O2S/c1-6-5-16-10(12-6)7-3-11-13(2)9(7)8(15)4-14/h3,5,14H,4H2,1-2H3. The molecule has 0 aliphatic carbocycles. The van der Waals surface area contributed by atoms with Gasteiger partial charge in [0, 0.05) is 18.1 Å². The lowest BCUT2D eigenvalue weighted by Crippen LogP contribution is -2.11. The number of aromatic nitrogens is 3. The molecule has 16 heavy (non-hydrogen) atoms. The summed E-state index contributed by atoms with van der Waals surface area (Å²) >= 11 is 1.46. The highest BCUT2D eigenvalue weighted by Crippen LogP contribution is 2.26. The van der Waals surface area contributed by atoms with Crippen LogP contribution in [0.25, 0.3) is 10.6 Å². The Bertz CT molecular complexity index is 530. The molecule has 0 bridgehead atoms. The summed E-state index contributed by atoms with van der Waals surface area (Å²) in [6.45, 7) is 1.38. The average molecular weight is 237 g/mol. The number of ketones is 1. The van der Waals surface area contributed by atoms with Gasteiger partial charge in [-0.3, -0.25) is 9.48 Å². The number of hydrogen-bond donors (Lipinski definition) is 1. The minimum atomic E-state index is -0.517. The summed E-state index contributed by atoms with van der Waals surface area (Å²) in [5, 5.41) is 15.6. The third-order valence-electron chi connectivity index (χ3n) is 2.20. The summed E-state index contributed by atoms with van der Waals surface area (Å²) in [7, 11) is 1.67. The van der Waals surface area contributed by atoms with Gasteiger partial charge in [0.05, 0.1) is 11.8 Å². The van der Waals surface area contributed by atoms with E-state index in [1.165, 1.54) is 16.0 Å². The Morgan fingerprint density at radius 1 is 1.62 bits per heavy atom. The molecular weight excluding hydrogens is 226 g/mol. The summed E-state index contributed by atoms with van der Waals surface area (Å²) in [5.74, 6) is -0.345. The molecule has 0 spiro atoms. The molecule has 0 saturated carbocycles. The van der Waals surface area contributed by atoms with Gasteiger partial charge in [-0.1, -0.05) is 0 Å². The Balaban J connectivity index is 2.53. The molecule has 2 aromatic heterocycles. The quantitative estimate of drug-likeness (QED) is 0.809. The highest BCUT2D eigenvalue weighted by molar-refractivity contribution is 7.13. The average Bonchev–Trinajstić information content (AvgIpc) is 2.83. The monoisotopic (exact) mass is 237 g/mol. The maximum absolute atomic E-state index is 11.6. The van der Waals surface area contributed by atoms with Gasteiger partial charge < -0.3 is 5.11 Å². The first-order valence-electron chi connectivity index (χ1n) is 4.72. The maximum Gasteiger partial charge on any atom is 0.206 e. The van der Waals surface area contributed by atoms with Crippen LogP contribution < -0.4 is 0 Å². The third-order valence-corrected chi connectivity index (χ3v) is 3.19. The zero-order chi connectivity index (χ0) is 11.7. The number of aliphatic hydroxyl groups excluding tert-OH is 1. The molecule has 2 aromatic rings. The van der Waals surface area contributed by atoms with Crippen molar-refractivity contribution in [3.05, 3.63) is 23.0 Å². The topological polar surface area (TPSA) is 68.0 Å². The second-order valence-electron chi connectivity index (χ2n) is 3.41. The summed E-state index contributed by atoms with van der Waals surface area (Å²) in [6.07, 6.45) is 1.60. The highest BCUT2D eigenvalue weighted by atomic mass is 32.1. The number of Topliss-reactive ketones (excluding diaryl/α,β-unsaturated/α-hetero) is 1. The zero-order valence-electron chi connectivity index (χ0n) is 8.97. The van der Waals surface area contributed by atoms with Crippen LogP contribution in [0.1, 0.15) is 16.2 Å². The number of nitrogens with zero attached hydrogens (tertiary/aromatic N) is 3. The molecule has 2 rings (SSSR count). The number of carbonyl (C=O) groups is 1. The predicted molar refractivity (Wildman–Crippen MR) is 60.5 cm³/mol. The van der Waals surface area contributed by atoms with Gasteiger partial charge in [-0.2, -0.15) is 5.10 Å². The largest absolute Gasteiger partial charge is 0.388 e. The number of carbonyl (C=O) groups excluding carboxylic acids is 1. The first-order valence-corrected chi connectivity index (χ1v) is 5.60. The van der Waals surface area contributed by atoms with E-state index in [1.807, 2.05) is 12.3 Å². The molecule has 84 valence electrons. The molecule has 0 fully saturated rings. The first-order chi connectivity index (χ1) is 7.63. The van der Waals surface area contributed by atoms with Crippen molar-refractivity contribution in [2.24, 2.45) is 7.05 Å². The van der Waals surface area contributed by atoms with Crippen LogP contribution in [0.2, 0.25) is 0 Å². The Hall–Kier alpha value is -1.53. The SMILES string of the molecule is Cc1csc(-c2cnn(C)c2C(=O)CO)n1. The fourth-order valence-electron chi connectivity index (χ4n) is 1.48. The number of thiazole rings is 1. The number of aryl methyl sites for hydroxylation is 2. The molecular formula is C10H11N3O2S. The Morgan fingerprint density at radius 3 is 2.94 bits per heavy atom. The fourth-order valence-corrected chi connectivity index (χ4v) is 2.29. The van der Waals surface area contributed by atoms with Gasteiger partial charge in [-0.05, 0) is 6.92 Å². The minimum absolute atomic E-state index is 0.345. The van der Waals surface area contributed by atoms with E-state index in [0.29, 0.717) is 11.3 Å². The van der Waals surface area contributed by atoms with Gasteiger partial charge in [0.25, 0.3) is 0 Å². The van der Waals surface area contributed by atoms with Crippen molar-refractivity contribution in [3.8, 4) is 10.6 Å². The molecule has 0 radical (unpaired) electrons. The van der Waals surface area contributed by atoms with E-state index >= 15 is 0 Å². The second kappa shape index (κ2) is 4.15. The smallest absolute Gasteiger partial charge is 0.206 e. The molecule has 0 unspecified atom stereocenters. The summed E-state index contributed by atoms with van der Waals surface area (Å²) < 4.78 is 1.46. The Kier molecular flexibility index (Phi) is 2.84. The van der Waals surface area contributed by atoms with Crippen LogP contribution in [0.5, 0.6) is 0 Å². The number of aliphatic hydroxyl groups is 1. The van der Waals surface area contributed by atoms with E-state index in [2.05, 4.69) is 10.1 Å². The van der Waals surface area contributed by atoms with Crippen LogP contribution in [-0.2, 0) is 7.05 Å². The van der Waals surface area contributed by atoms with E-state index in [1.54, 1.807) is 13.2 Å². The van der Waals surface area contributed by atoms with Gasteiger partial charge >= 0.3 is 0 Å². The highest BCUT2D eigenvalue weighted by Gasteiger charge is 2.18. The van der Waals surface area contributed by atoms with Crippen LogP contribution in [-0.4, -0.2) is 32.3 Å². The van der Waals surface area contributed by atoms with Crippen LogP contribution >= 0.6 is 11.3 Å².